The van der Waals surface area contributed by atoms with Gasteiger partial charge in [0.1, 0.15) is 5.82 Å². The van der Waals surface area contributed by atoms with Crippen LogP contribution in [0.1, 0.15) is 24.0 Å². The van der Waals surface area contributed by atoms with Crippen LogP contribution in [0.2, 0.25) is 0 Å². The lowest BCUT2D eigenvalue weighted by Crippen LogP contribution is -2.18. The summed E-state index contributed by atoms with van der Waals surface area (Å²) in [6, 6.07) is 25.2. The molecule has 0 spiro atoms. The van der Waals surface area contributed by atoms with E-state index in [4.69, 9.17) is 24.1 Å². The molecule has 0 unspecified atom stereocenters. The van der Waals surface area contributed by atoms with E-state index in [9.17, 15) is 8.96 Å². The first-order chi connectivity index (χ1) is 18.0. The van der Waals surface area contributed by atoms with Gasteiger partial charge in [-0.2, -0.15) is 10.5 Å². The van der Waals surface area contributed by atoms with E-state index in [1.165, 1.54) is 12.1 Å². The van der Waals surface area contributed by atoms with E-state index in [1.807, 2.05) is 67.7 Å². The summed E-state index contributed by atoms with van der Waals surface area (Å²) in [4.78, 5) is 2.69. The summed E-state index contributed by atoms with van der Waals surface area (Å²) in [6.45, 7) is -0.361. The van der Waals surface area contributed by atoms with Crippen molar-refractivity contribution in [3.8, 4) is 12.1 Å². The van der Waals surface area contributed by atoms with E-state index in [-0.39, 0.29) is 37.0 Å². The Morgan fingerprint density at radius 2 is 1.41 bits per heavy atom. The predicted molar refractivity (Wildman–Crippen MR) is 140 cm³/mol. The lowest BCUT2D eigenvalue weighted by atomic mass is 9.91. The number of nitrogens with zero attached hydrogens (tertiary/aromatic N) is 3. The monoisotopic (exact) mass is 535 g/mol. The highest BCUT2D eigenvalue weighted by Gasteiger charge is 2.34. The van der Waals surface area contributed by atoms with Crippen LogP contribution in [-0.4, -0.2) is 20.3 Å². The van der Waals surface area contributed by atoms with Gasteiger partial charge in [0.05, 0.1) is 38.2 Å². The standard InChI is InChI=1S/C27H23FN3O4PS/c1-31-24-10-4-2-8-22(24)26(23-9-3-5-11-25(23)31)27(37-21-14-12-20(28)13-15-21)35-36(32,33-18-6-16-29)34-19-7-17-30/h2-5,8-15H,6-7,18-19H2,1H3. The predicted octanol–water partition coefficient (Wildman–Crippen LogP) is 7.40. The van der Waals surface area contributed by atoms with E-state index in [0.717, 1.165) is 34.3 Å². The molecule has 0 fully saturated rings. The molecule has 3 aromatic rings. The molecule has 0 atom stereocenters. The maximum atomic E-state index is 13.7. The highest BCUT2D eigenvalue weighted by Crippen LogP contribution is 2.57. The van der Waals surface area contributed by atoms with Crippen LogP contribution >= 0.6 is 19.6 Å². The van der Waals surface area contributed by atoms with Crippen LogP contribution in [0.15, 0.2) is 82.8 Å². The summed E-state index contributed by atoms with van der Waals surface area (Å²) in [5.41, 5.74) is 4.12. The molecule has 1 aliphatic heterocycles. The van der Waals surface area contributed by atoms with Crippen molar-refractivity contribution in [1.82, 2.24) is 0 Å². The van der Waals surface area contributed by atoms with E-state index >= 15 is 0 Å². The van der Waals surface area contributed by atoms with Gasteiger partial charge in [0.25, 0.3) is 0 Å². The number of rotatable bonds is 10. The Kier molecular flexibility index (Phi) is 8.66. The summed E-state index contributed by atoms with van der Waals surface area (Å²) in [5.74, 6) is -0.389. The number of halogens is 1. The molecule has 0 N–H and O–H groups in total. The highest BCUT2D eigenvalue weighted by molar-refractivity contribution is 8.03. The molecule has 1 aliphatic rings. The van der Waals surface area contributed by atoms with Crippen molar-refractivity contribution in [2.75, 3.05) is 25.2 Å². The van der Waals surface area contributed by atoms with E-state index in [0.29, 0.717) is 10.5 Å². The topological polar surface area (TPSA) is 95.6 Å². The second-order valence-corrected chi connectivity index (χ2v) is 10.5. The number of benzene rings is 3. The Morgan fingerprint density at radius 1 is 0.892 bits per heavy atom. The molecule has 3 aromatic carbocycles. The van der Waals surface area contributed by atoms with Crippen LogP contribution in [0.4, 0.5) is 15.8 Å². The van der Waals surface area contributed by atoms with Crippen LogP contribution < -0.4 is 4.90 Å². The van der Waals surface area contributed by atoms with E-state index in [2.05, 4.69) is 4.90 Å². The van der Waals surface area contributed by atoms with Gasteiger partial charge < -0.3 is 9.42 Å². The molecular formula is C27H23FN3O4PS. The lowest BCUT2D eigenvalue weighted by Gasteiger charge is -2.33. The van der Waals surface area contributed by atoms with Crippen molar-refractivity contribution >= 4 is 36.5 Å². The first-order valence-electron chi connectivity index (χ1n) is 11.4. The van der Waals surface area contributed by atoms with E-state index in [1.54, 1.807) is 12.1 Å². The van der Waals surface area contributed by atoms with Crippen LogP contribution in [-0.2, 0) is 18.1 Å². The van der Waals surface area contributed by atoms with Crippen molar-refractivity contribution < 1.29 is 22.5 Å². The fraction of sp³-hybridized carbons (Fsp3) is 0.185. The molecule has 0 radical (unpaired) electrons. The van der Waals surface area contributed by atoms with Crippen molar-refractivity contribution in [1.29, 1.82) is 10.5 Å². The SMILES string of the molecule is CN1c2ccccc2C(=C(OP(=O)(OCCC#N)OCCC#N)Sc2ccc(F)cc2)c2ccccc21. The normalized spacial score (nSPS) is 12.2. The van der Waals surface area contributed by atoms with Gasteiger partial charge in [-0.1, -0.05) is 48.2 Å². The molecule has 0 saturated carbocycles. The van der Waals surface area contributed by atoms with E-state index < -0.39 is 7.82 Å². The smallest absolute Gasteiger partial charge is 0.396 e. The summed E-state index contributed by atoms with van der Waals surface area (Å²) in [5, 5.41) is 18.1. The number of fused-ring (bicyclic) bond motifs is 2. The summed E-state index contributed by atoms with van der Waals surface area (Å²) >= 11 is 1.15. The average molecular weight is 536 g/mol. The number of para-hydroxylation sites is 2. The van der Waals surface area contributed by atoms with Gasteiger partial charge in [-0.25, -0.2) is 8.96 Å². The highest BCUT2D eigenvalue weighted by atomic mass is 32.2. The minimum Gasteiger partial charge on any atom is -0.396 e. The summed E-state index contributed by atoms with van der Waals surface area (Å²) in [6.07, 6.45) is -0.0507. The second-order valence-electron chi connectivity index (χ2n) is 7.83. The van der Waals surface area contributed by atoms with Crippen molar-refractivity contribution in [3.63, 3.8) is 0 Å². The van der Waals surface area contributed by atoms with Gasteiger partial charge in [-0.3, -0.25) is 9.05 Å². The Labute approximate surface area is 219 Å². The van der Waals surface area contributed by atoms with Gasteiger partial charge in [-0.05, 0) is 36.4 Å². The molecule has 7 nitrogen and oxygen atoms in total. The largest absolute Gasteiger partial charge is 0.530 e. The number of nitriles is 2. The zero-order valence-electron chi connectivity index (χ0n) is 20.0. The number of thioether (sulfide) groups is 1. The molecule has 10 heteroatoms. The summed E-state index contributed by atoms with van der Waals surface area (Å²) in [7, 11) is -2.29. The lowest BCUT2D eigenvalue weighted by molar-refractivity contribution is 0.145. The molecule has 37 heavy (non-hydrogen) atoms. The number of hydrogen-bond acceptors (Lipinski definition) is 8. The number of phosphoric ester groups is 1. The van der Waals surface area contributed by atoms with Crippen LogP contribution in [0.25, 0.3) is 5.57 Å². The third kappa shape index (κ3) is 6.22. The van der Waals surface area contributed by atoms with Crippen LogP contribution in [0.5, 0.6) is 0 Å². The van der Waals surface area contributed by atoms with Gasteiger partial charge in [0.2, 0.25) is 0 Å². The molecule has 4 rings (SSSR count). The molecule has 1 heterocycles. The minimum atomic E-state index is -4.26. The zero-order valence-corrected chi connectivity index (χ0v) is 21.7. The van der Waals surface area contributed by atoms with Gasteiger partial charge in [0.15, 0.2) is 5.09 Å². The van der Waals surface area contributed by atoms with Crippen LogP contribution in [0.3, 0.4) is 0 Å². The zero-order chi connectivity index (χ0) is 26.3. The summed E-state index contributed by atoms with van der Waals surface area (Å²) < 4.78 is 44.4. The van der Waals surface area contributed by atoms with Crippen molar-refractivity contribution in [2.24, 2.45) is 0 Å². The fourth-order valence-corrected chi connectivity index (χ4v) is 6.11. The Balaban J connectivity index is 1.89. The third-order valence-electron chi connectivity index (χ3n) is 5.42. The van der Waals surface area contributed by atoms with Gasteiger partial charge in [0, 0.05) is 40.0 Å². The molecule has 0 aliphatic carbocycles. The minimum absolute atomic E-state index is 0.0254. The van der Waals surface area contributed by atoms with Crippen LogP contribution in [0, 0.1) is 28.5 Å². The first-order valence-corrected chi connectivity index (χ1v) is 13.7. The molecule has 0 aromatic heterocycles. The number of hydrogen-bond donors (Lipinski definition) is 0. The molecule has 0 saturated heterocycles. The molecule has 0 bridgehead atoms. The average Bonchev–Trinajstić information content (AvgIpc) is 2.90. The third-order valence-corrected chi connectivity index (χ3v) is 7.93. The first kappa shape index (κ1) is 26.5. The fourth-order valence-electron chi connectivity index (χ4n) is 3.77. The molecular weight excluding hydrogens is 512 g/mol. The Morgan fingerprint density at radius 3 is 1.92 bits per heavy atom. The second kappa shape index (κ2) is 12.1. The number of phosphoric acid groups is 1. The molecule has 188 valence electrons. The van der Waals surface area contributed by atoms with Crippen molar-refractivity contribution in [3.05, 3.63) is 94.8 Å². The maximum absolute atomic E-state index is 13.7. The van der Waals surface area contributed by atoms with Crippen molar-refractivity contribution in [2.45, 2.75) is 17.7 Å². The number of anilines is 2. The molecule has 0 amide bonds. The quantitative estimate of drug-likeness (QED) is 0.115. The maximum Gasteiger partial charge on any atom is 0.530 e. The Hall–Kier alpha value is -3.59. The Bertz CT molecular complexity index is 1360. The van der Waals surface area contributed by atoms with Gasteiger partial charge >= 0.3 is 7.82 Å². The van der Waals surface area contributed by atoms with Gasteiger partial charge in [-0.15, -0.1) is 0 Å².